The Morgan fingerprint density at radius 2 is 1.38 bits per heavy atom. The van der Waals surface area contributed by atoms with E-state index >= 15 is 0 Å². The maximum atomic E-state index is 12.4. The van der Waals surface area contributed by atoms with Crippen molar-refractivity contribution in [3.05, 3.63) is 53.1 Å². The van der Waals surface area contributed by atoms with Crippen molar-refractivity contribution in [3.8, 4) is 17.2 Å². The molecule has 3 rings (SSSR count). The number of methoxy groups -OCH3 is 3. The van der Waals surface area contributed by atoms with E-state index in [1.807, 2.05) is 0 Å². The van der Waals surface area contributed by atoms with Gasteiger partial charge in [-0.05, 0) is 24.3 Å². The van der Waals surface area contributed by atoms with Gasteiger partial charge in [-0.3, -0.25) is 24.1 Å². The van der Waals surface area contributed by atoms with Crippen LogP contribution < -0.4 is 24.8 Å². The Kier molecular flexibility index (Phi) is 6.93. The summed E-state index contributed by atoms with van der Waals surface area (Å²) in [6.07, 6.45) is 0. The maximum absolute atomic E-state index is 12.4. The van der Waals surface area contributed by atoms with Crippen LogP contribution in [0.15, 0.2) is 36.4 Å². The quantitative estimate of drug-likeness (QED) is 0.437. The fourth-order valence-electron chi connectivity index (χ4n) is 3.27. The monoisotopic (exact) mass is 441 g/mol. The van der Waals surface area contributed by atoms with Gasteiger partial charge in [0.1, 0.15) is 6.54 Å². The van der Waals surface area contributed by atoms with E-state index in [9.17, 15) is 19.2 Å². The molecule has 1 aliphatic heterocycles. The predicted molar refractivity (Wildman–Crippen MR) is 113 cm³/mol. The van der Waals surface area contributed by atoms with Gasteiger partial charge < -0.3 is 24.8 Å². The van der Waals surface area contributed by atoms with Crippen LogP contribution in [0, 0.1) is 0 Å². The average molecular weight is 441 g/mol. The molecule has 168 valence electrons. The number of nitrogens with one attached hydrogen (secondary N) is 2. The Labute approximate surface area is 184 Å². The van der Waals surface area contributed by atoms with Crippen molar-refractivity contribution in [2.24, 2.45) is 0 Å². The first-order valence-electron chi connectivity index (χ1n) is 9.71. The number of fused-ring (bicyclic) bond motifs is 1. The topological polar surface area (TPSA) is 123 Å². The fraction of sp³-hybridized carbons (Fsp3) is 0.273. The van der Waals surface area contributed by atoms with Crippen LogP contribution in [-0.4, -0.2) is 69.5 Å². The summed E-state index contributed by atoms with van der Waals surface area (Å²) in [6.45, 7) is -0.158. The molecule has 0 radical (unpaired) electrons. The van der Waals surface area contributed by atoms with Crippen molar-refractivity contribution in [1.29, 1.82) is 0 Å². The summed E-state index contributed by atoms with van der Waals surface area (Å²) in [4.78, 5) is 50.1. The number of amides is 4. The maximum Gasteiger partial charge on any atom is 0.262 e. The van der Waals surface area contributed by atoms with Crippen molar-refractivity contribution in [2.75, 3.05) is 41.0 Å². The minimum atomic E-state index is -0.512. The summed E-state index contributed by atoms with van der Waals surface area (Å²) in [7, 11) is 4.36. The molecule has 10 heteroatoms. The van der Waals surface area contributed by atoms with Crippen LogP contribution >= 0.6 is 0 Å². The Bertz CT molecular complexity index is 1010. The molecule has 2 aromatic carbocycles. The van der Waals surface area contributed by atoms with Crippen molar-refractivity contribution in [1.82, 2.24) is 15.5 Å². The number of nitrogens with zero attached hydrogens (tertiary/aromatic N) is 1. The SMILES string of the molecule is COc1cc(C(=O)NCCNC(=O)CN2C(=O)c3ccccc3C2=O)cc(OC)c1OC. The van der Waals surface area contributed by atoms with Crippen molar-refractivity contribution >= 4 is 23.6 Å². The number of rotatable bonds is 9. The zero-order valence-electron chi connectivity index (χ0n) is 17.9. The average Bonchev–Trinajstić information content (AvgIpc) is 3.05. The summed E-state index contributed by atoms with van der Waals surface area (Å²) in [5.41, 5.74) is 0.850. The molecule has 0 fully saturated rings. The van der Waals surface area contributed by atoms with Gasteiger partial charge in [-0.2, -0.15) is 0 Å². The van der Waals surface area contributed by atoms with Gasteiger partial charge in [0.05, 0.1) is 32.5 Å². The van der Waals surface area contributed by atoms with Gasteiger partial charge in [-0.1, -0.05) is 12.1 Å². The number of ether oxygens (including phenoxy) is 3. The normalized spacial score (nSPS) is 12.3. The minimum absolute atomic E-state index is 0.109. The number of carbonyl (C=O) groups is 4. The molecular formula is C22H23N3O7. The van der Waals surface area contributed by atoms with Crippen LogP contribution in [0.3, 0.4) is 0 Å². The second kappa shape index (κ2) is 9.82. The van der Waals surface area contributed by atoms with E-state index in [0.717, 1.165) is 4.90 Å². The number of imide groups is 1. The van der Waals surface area contributed by atoms with Crippen LogP contribution in [0.1, 0.15) is 31.1 Å². The van der Waals surface area contributed by atoms with Gasteiger partial charge >= 0.3 is 0 Å². The number of benzene rings is 2. The lowest BCUT2D eigenvalue weighted by molar-refractivity contribution is -0.121. The molecule has 2 aromatic rings. The van der Waals surface area contributed by atoms with Gasteiger partial charge in [-0.25, -0.2) is 0 Å². The molecule has 0 saturated carbocycles. The summed E-state index contributed by atoms with van der Waals surface area (Å²) in [5.74, 6) is -0.877. The van der Waals surface area contributed by atoms with Gasteiger partial charge in [0.2, 0.25) is 11.7 Å². The fourth-order valence-corrected chi connectivity index (χ4v) is 3.27. The molecular weight excluding hydrogens is 418 g/mol. The van der Waals surface area contributed by atoms with Crippen LogP contribution in [0.4, 0.5) is 0 Å². The van der Waals surface area contributed by atoms with E-state index in [0.29, 0.717) is 17.2 Å². The highest BCUT2D eigenvalue weighted by Crippen LogP contribution is 2.38. The molecule has 32 heavy (non-hydrogen) atoms. The van der Waals surface area contributed by atoms with Crippen molar-refractivity contribution < 1.29 is 33.4 Å². The Hall–Kier alpha value is -4.08. The highest BCUT2D eigenvalue weighted by molar-refractivity contribution is 6.22. The molecule has 0 saturated heterocycles. The summed E-state index contributed by atoms with van der Waals surface area (Å²) in [5, 5.41) is 5.25. The van der Waals surface area contributed by atoms with Crippen LogP contribution in [-0.2, 0) is 4.79 Å². The summed E-state index contributed by atoms with van der Waals surface area (Å²) in [6, 6.07) is 9.43. The van der Waals surface area contributed by atoms with E-state index in [-0.39, 0.29) is 29.8 Å². The molecule has 4 amide bonds. The van der Waals surface area contributed by atoms with E-state index in [4.69, 9.17) is 14.2 Å². The molecule has 1 heterocycles. The molecule has 2 N–H and O–H groups in total. The molecule has 0 spiro atoms. The largest absolute Gasteiger partial charge is 0.493 e. The first kappa shape index (κ1) is 22.6. The van der Waals surface area contributed by atoms with E-state index in [1.54, 1.807) is 24.3 Å². The van der Waals surface area contributed by atoms with Crippen LogP contribution in [0.25, 0.3) is 0 Å². The molecule has 10 nitrogen and oxygen atoms in total. The standard InChI is InChI=1S/C22H23N3O7/c1-30-16-10-13(11-17(31-2)19(16)32-3)20(27)24-9-8-23-18(26)12-25-21(28)14-6-4-5-7-15(14)22(25)29/h4-7,10-11H,8-9,12H2,1-3H3,(H,23,26)(H,24,27). The lowest BCUT2D eigenvalue weighted by Gasteiger charge is -2.15. The third-order valence-electron chi connectivity index (χ3n) is 4.84. The molecule has 0 bridgehead atoms. The highest BCUT2D eigenvalue weighted by Gasteiger charge is 2.36. The van der Waals surface area contributed by atoms with Crippen LogP contribution in [0.2, 0.25) is 0 Å². The second-order valence-corrected chi connectivity index (χ2v) is 6.76. The summed E-state index contributed by atoms with van der Waals surface area (Å²) >= 11 is 0. The van der Waals surface area contributed by atoms with Gasteiger partial charge in [-0.15, -0.1) is 0 Å². The number of hydrogen-bond acceptors (Lipinski definition) is 7. The smallest absolute Gasteiger partial charge is 0.262 e. The van der Waals surface area contributed by atoms with Crippen molar-refractivity contribution in [2.45, 2.75) is 0 Å². The van der Waals surface area contributed by atoms with E-state index in [1.165, 1.54) is 33.5 Å². The highest BCUT2D eigenvalue weighted by atomic mass is 16.5. The lowest BCUT2D eigenvalue weighted by atomic mass is 10.1. The molecule has 0 atom stereocenters. The van der Waals surface area contributed by atoms with Crippen molar-refractivity contribution in [3.63, 3.8) is 0 Å². The van der Waals surface area contributed by atoms with E-state index < -0.39 is 30.2 Å². The third kappa shape index (κ3) is 4.48. The second-order valence-electron chi connectivity index (χ2n) is 6.76. The molecule has 0 aliphatic carbocycles. The Morgan fingerprint density at radius 1 is 0.844 bits per heavy atom. The predicted octanol–water partition coefficient (Wildman–Crippen LogP) is 0.855. The molecule has 0 unspecified atom stereocenters. The van der Waals surface area contributed by atoms with Gasteiger partial charge in [0.15, 0.2) is 11.5 Å². The summed E-state index contributed by atoms with van der Waals surface area (Å²) < 4.78 is 15.7. The van der Waals surface area contributed by atoms with Crippen LogP contribution in [0.5, 0.6) is 17.2 Å². The molecule has 0 aromatic heterocycles. The zero-order valence-corrected chi connectivity index (χ0v) is 17.9. The minimum Gasteiger partial charge on any atom is -0.493 e. The first-order valence-corrected chi connectivity index (χ1v) is 9.71. The van der Waals surface area contributed by atoms with Gasteiger partial charge in [0.25, 0.3) is 17.7 Å². The van der Waals surface area contributed by atoms with Gasteiger partial charge in [0, 0.05) is 18.7 Å². The van der Waals surface area contributed by atoms with E-state index in [2.05, 4.69) is 10.6 Å². The number of hydrogen-bond donors (Lipinski definition) is 2. The third-order valence-corrected chi connectivity index (χ3v) is 4.84. The lowest BCUT2D eigenvalue weighted by Crippen LogP contribution is -2.42. The Balaban J connectivity index is 1.50. The number of carbonyl (C=O) groups excluding carboxylic acids is 4. The Morgan fingerprint density at radius 3 is 1.88 bits per heavy atom. The zero-order chi connectivity index (χ0) is 23.3. The molecule has 1 aliphatic rings. The first-order chi connectivity index (χ1) is 15.4.